The lowest BCUT2D eigenvalue weighted by Gasteiger charge is -2.38. The summed E-state index contributed by atoms with van der Waals surface area (Å²) in [5.74, 6) is 0.428. The predicted octanol–water partition coefficient (Wildman–Crippen LogP) is 6.12. The minimum Gasteiger partial charge on any atom is -0.466 e. The molecule has 1 atom stereocenters. The molecular formula is C31H40N4O3. The van der Waals surface area contributed by atoms with E-state index in [2.05, 4.69) is 67.7 Å². The molecule has 1 unspecified atom stereocenters. The topological polar surface area (TPSA) is 85.2 Å². The summed E-state index contributed by atoms with van der Waals surface area (Å²) in [6, 6.07) is 18.6. The first kappa shape index (κ1) is 27.4. The number of carbonyl (C=O) groups excluding carboxylic acids is 2. The fraction of sp³-hybridized carbons (Fsp3) is 0.452. The molecule has 0 aliphatic carbocycles. The second-order valence-corrected chi connectivity index (χ2v) is 10.7. The Balaban J connectivity index is 1.56. The molecule has 3 aromatic rings. The molecule has 2 aromatic carbocycles. The first-order valence-electron chi connectivity index (χ1n) is 13.7. The Hall–Kier alpha value is -3.61. The molecule has 4 rings (SSSR count). The van der Waals surface area contributed by atoms with E-state index in [4.69, 9.17) is 4.74 Å². The molecule has 0 spiro atoms. The second-order valence-electron chi connectivity index (χ2n) is 10.7. The lowest BCUT2D eigenvalue weighted by Crippen LogP contribution is -2.45. The van der Waals surface area contributed by atoms with Crippen molar-refractivity contribution in [2.75, 3.05) is 11.9 Å². The van der Waals surface area contributed by atoms with Crippen LogP contribution in [0.2, 0.25) is 0 Å². The number of fused-ring (bicyclic) bond motifs is 1. The van der Waals surface area contributed by atoms with Gasteiger partial charge in [-0.25, -0.2) is 4.68 Å². The summed E-state index contributed by atoms with van der Waals surface area (Å²) in [6.45, 7) is 10.7. The predicted molar refractivity (Wildman–Crippen MR) is 150 cm³/mol. The third kappa shape index (κ3) is 5.62. The summed E-state index contributed by atoms with van der Waals surface area (Å²) in [6.07, 6.45) is 5.02. The van der Waals surface area contributed by atoms with Gasteiger partial charge in [0.15, 0.2) is 0 Å². The molecule has 7 heteroatoms. The van der Waals surface area contributed by atoms with Crippen molar-refractivity contribution in [1.82, 2.24) is 15.1 Å². The Morgan fingerprint density at radius 2 is 1.76 bits per heavy atom. The van der Waals surface area contributed by atoms with Gasteiger partial charge in [-0.1, -0.05) is 68.4 Å². The number of nitrogens with one attached hydrogen (secondary N) is 2. The third-order valence-corrected chi connectivity index (χ3v) is 7.79. The summed E-state index contributed by atoms with van der Waals surface area (Å²) < 4.78 is 6.98. The van der Waals surface area contributed by atoms with Gasteiger partial charge in [0.2, 0.25) is 0 Å². The van der Waals surface area contributed by atoms with Gasteiger partial charge in [-0.2, -0.15) is 5.10 Å². The molecule has 0 saturated carbocycles. The van der Waals surface area contributed by atoms with Gasteiger partial charge in [0.1, 0.15) is 11.4 Å². The van der Waals surface area contributed by atoms with Crippen LogP contribution in [0.3, 0.4) is 0 Å². The molecule has 1 aliphatic heterocycles. The van der Waals surface area contributed by atoms with Crippen LogP contribution in [0, 0.1) is 0 Å². The van der Waals surface area contributed by atoms with Gasteiger partial charge in [0, 0.05) is 6.42 Å². The molecular weight excluding hydrogens is 476 g/mol. The molecule has 0 radical (unpaired) electrons. The van der Waals surface area contributed by atoms with Gasteiger partial charge in [0.25, 0.3) is 5.91 Å². The van der Waals surface area contributed by atoms with Crippen LogP contribution in [0.5, 0.6) is 0 Å². The van der Waals surface area contributed by atoms with Gasteiger partial charge >= 0.3 is 5.97 Å². The molecule has 38 heavy (non-hydrogen) atoms. The van der Waals surface area contributed by atoms with Crippen LogP contribution < -0.4 is 10.6 Å². The molecule has 202 valence electrons. The van der Waals surface area contributed by atoms with Crippen LogP contribution in [-0.4, -0.2) is 28.3 Å². The van der Waals surface area contributed by atoms with Crippen molar-refractivity contribution in [2.24, 2.45) is 0 Å². The molecule has 0 bridgehead atoms. The monoisotopic (exact) mass is 516 g/mol. The Labute approximate surface area is 226 Å². The summed E-state index contributed by atoms with van der Waals surface area (Å²) in [5.41, 5.74) is 3.10. The number of hydrogen-bond donors (Lipinski definition) is 2. The zero-order valence-electron chi connectivity index (χ0n) is 23.2. The van der Waals surface area contributed by atoms with E-state index in [-0.39, 0.29) is 23.5 Å². The third-order valence-electron chi connectivity index (χ3n) is 7.79. The van der Waals surface area contributed by atoms with Crippen molar-refractivity contribution in [1.29, 1.82) is 0 Å². The van der Waals surface area contributed by atoms with E-state index in [1.165, 1.54) is 5.56 Å². The lowest BCUT2D eigenvalue weighted by molar-refractivity contribution is -0.143. The number of esters is 1. The van der Waals surface area contributed by atoms with Crippen LogP contribution in [0.4, 0.5) is 5.82 Å². The van der Waals surface area contributed by atoms with Crippen LogP contribution in [0.1, 0.15) is 93.4 Å². The highest BCUT2D eigenvalue weighted by molar-refractivity contribution is 5.99. The SMILES string of the molecule is CCOC(=O)CCc1ccc(C(CC)(CC)NC(=O)c2cnn3c2NC(c2ccccc2)CC3(C)C)cc1. The number of nitrogens with zero attached hydrogens (tertiary/aromatic N) is 2. The van der Waals surface area contributed by atoms with E-state index in [0.717, 1.165) is 36.2 Å². The van der Waals surface area contributed by atoms with Crippen LogP contribution in [0.15, 0.2) is 60.8 Å². The quantitative estimate of drug-likeness (QED) is 0.317. The Kier molecular flexibility index (Phi) is 8.24. The summed E-state index contributed by atoms with van der Waals surface area (Å²) >= 11 is 0. The van der Waals surface area contributed by atoms with E-state index in [0.29, 0.717) is 25.0 Å². The molecule has 1 aliphatic rings. The number of ether oxygens (including phenoxy) is 1. The summed E-state index contributed by atoms with van der Waals surface area (Å²) in [7, 11) is 0. The van der Waals surface area contributed by atoms with Crippen molar-refractivity contribution in [3.05, 3.63) is 83.0 Å². The van der Waals surface area contributed by atoms with Crippen LogP contribution in [-0.2, 0) is 27.0 Å². The van der Waals surface area contributed by atoms with Crippen molar-refractivity contribution in [3.8, 4) is 0 Å². The minimum atomic E-state index is -0.519. The fourth-order valence-corrected chi connectivity index (χ4v) is 5.46. The van der Waals surface area contributed by atoms with E-state index in [9.17, 15) is 9.59 Å². The Bertz CT molecular complexity index is 1240. The number of hydrogen-bond acceptors (Lipinski definition) is 5. The highest BCUT2D eigenvalue weighted by Gasteiger charge is 2.38. The fourth-order valence-electron chi connectivity index (χ4n) is 5.46. The maximum absolute atomic E-state index is 13.8. The highest BCUT2D eigenvalue weighted by atomic mass is 16.5. The summed E-state index contributed by atoms with van der Waals surface area (Å²) in [5, 5.41) is 11.6. The average molecular weight is 517 g/mol. The number of aromatic nitrogens is 2. The van der Waals surface area contributed by atoms with Gasteiger partial charge in [-0.05, 0) is 63.1 Å². The van der Waals surface area contributed by atoms with Crippen molar-refractivity contribution in [3.63, 3.8) is 0 Å². The van der Waals surface area contributed by atoms with Gasteiger partial charge in [-0.15, -0.1) is 0 Å². The maximum atomic E-state index is 13.8. The van der Waals surface area contributed by atoms with E-state index < -0.39 is 5.54 Å². The van der Waals surface area contributed by atoms with Gasteiger partial charge < -0.3 is 15.4 Å². The van der Waals surface area contributed by atoms with E-state index >= 15 is 0 Å². The van der Waals surface area contributed by atoms with Crippen LogP contribution in [0.25, 0.3) is 0 Å². The summed E-state index contributed by atoms with van der Waals surface area (Å²) in [4.78, 5) is 25.5. The molecule has 7 nitrogen and oxygen atoms in total. The van der Waals surface area contributed by atoms with Crippen molar-refractivity contribution < 1.29 is 14.3 Å². The number of anilines is 1. The Morgan fingerprint density at radius 3 is 2.39 bits per heavy atom. The van der Waals surface area contributed by atoms with Gasteiger partial charge in [0.05, 0.1) is 29.9 Å². The zero-order chi connectivity index (χ0) is 27.3. The molecule has 2 heterocycles. The number of carbonyl (C=O) groups is 2. The van der Waals surface area contributed by atoms with Crippen molar-refractivity contribution in [2.45, 2.75) is 83.8 Å². The lowest BCUT2D eigenvalue weighted by atomic mass is 9.83. The average Bonchev–Trinajstić information content (AvgIpc) is 3.37. The number of amides is 1. The standard InChI is InChI=1S/C31H40N4O3/c1-6-31(7-2,24-17-14-22(15-18-24)16-19-27(36)38-8-3)34-29(37)25-21-32-35-28(25)33-26(20-30(35,4)5)23-12-10-9-11-13-23/h9-15,17-18,21,26,33H,6-8,16,19-20H2,1-5H3,(H,34,37). The molecule has 1 aromatic heterocycles. The number of aryl methyl sites for hydroxylation is 1. The zero-order valence-corrected chi connectivity index (χ0v) is 23.2. The number of rotatable bonds is 10. The first-order valence-corrected chi connectivity index (χ1v) is 13.7. The molecule has 1 amide bonds. The van der Waals surface area contributed by atoms with E-state index in [1.54, 1.807) is 6.20 Å². The second kappa shape index (κ2) is 11.4. The Morgan fingerprint density at radius 1 is 1.08 bits per heavy atom. The van der Waals surface area contributed by atoms with Gasteiger partial charge in [-0.3, -0.25) is 9.59 Å². The van der Waals surface area contributed by atoms with Crippen LogP contribution >= 0.6 is 0 Å². The molecule has 0 saturated heterocycles. The number of benzene rings is 2. The van der Waals surface area contributed by atoms with Crippen molar-refractivity contribution >= 4 is 17.7 Å². The largest absolute Gasteiger partial charge is 0.466 e. The smallest absolute Gasteiger partial charge is 0.306 e. The molecule has 2 N–H and O–H groups in total. The molecule has 0 fully saturated rings. The normalized spacial score (nSPS) is 16.3. The van der Waals surface area contributed by atoms with E-state index in [1.807, 2.05) is 41.9 Å². The minimum absolute atomic E-state index is 0.0891. The maximum Gasteiger partial charge on any atom is 0.306 e. The first-order chi connectivity index (χ1) is 18.2. The highest BCUT2D eigenvalue weighted by Crippen LogP contribution is 2.40.